The summed E-state index contributed by atoms with van der Waals surface area (Å²) in [5.74, 6) is 1.82. The van der Waals surface area contributed by atoms with Gasteiger partial charge < -0.3 is 10.5 Å². The molecule has 0 heterocycles. The van der Waals surface area contributed by atoms with Crippen molar-refractivity contribution in [3.63, 3.8) is 0 Å². The van der Waals surface area contributed by atoms with E-state index in [9.17, 15) is 0 Å². The highest BCUT2D eigenvalue weighted by atomic mass is 79.9. The molecule has 16 heavy (non-hydrogen) atoms. The Morgan fingerprint density at radius 2 is 2.25 bits per heavy atom. The van der Waals surface area contributed by atoms with Crippen molar-refractivity contribution in [1.29, 1.82) is 0 Å². The molecule has 0 bridgehead atoms. The molecule has 2 rings (SSSR count). The third-order valence-electron chi connectivity index (χ3n) is 3.06. The number of hydrogen-bond acceptors (Lipinski definition) is 2. The third kappa shape index (κ3) is 3.22. The Morgan fingerprint density at radius 1 is 1.50 bits per heavy atom. The maximum atomic E-state index is 6.15. The normalized spacial score (nSPS) is 17.2. The van der Waals surface area contributed by atoms with Crippen molar-refractivity contribution in [1.82, 2.24) is 0 Å². The van der Waals surface area contributed by atoms with Crippen LogP contribution < -0.4 is 10.5 Å². The van der Waals surface area contributed by atoms with E-state index >= 15 is 0 Å². The molecule has 1 aliphatic rings. The van der Waals surface area contributed by atoms with E-state index in [0.29, 0.717) is 0 Å². The molecule has 88 valence electrons. The molecule has 0 spiro atoms. The van der Waals surface area contributed by atoms with E-state index in [2.05, 4.69) is 22.0 Å². The summed E-state index contributed by atoms with van der Waals surface area (Å²) < 4.78 is 6.43. The van der Waals surface area contributed by atoms with E-state index in [1.165, 1.54) is 18.4 Å². The predicted octanol–water partition coefficient (Wildman–Crippen LogP) is 3.13. The van der Waals surface area contributed by atoms with Gasteiger partial charge in [0.15, 0.2) is 0 Å². The Hall–Kier alpha value is -0.540. The summed E-state index contributed by atoms with van der Waals surface area (Å²) >= 11 is 3.48. The van der Waals surface area contributed by atoms with Crippen LogP contribution in [0.15, 0.2) is 22.7 Å². The summed E-state index contributed by atoms with van der Waals surface area (Å²) in [6.07, 6.45) is 4.78. The average Bonchev–Trinajstić information content (AvgIpc) is 3.02. The average molecular weight is 284 g/mol. The van der Waals surface area contributed by atoms with Gasteiger partial charge in [-0.2, -0.15) is 0 Å². The minimum Gasteiger partial charge on any atom is -0.496 e. The van der Waals surface area contributed by atoms with Gasteiger partial charge in [0.1, 0.15) is 5.75 Å². The third-order valence-corrected chi connectivity index (χ3v) is 3.55. The SMILES string of the molecule is COc1ccc(Br)cc1CC(N)CC1CC1. The van der Waals surface area contributed by atoms with Gasteiger partial charge in [-0.1, -0.05) is 28.8 Å². The first-order valence-corrected chi connectivity index (χ1v) is 6.56. The molecule has 1 saturated carbocycles. The molecule has 1 aromatic rings. The van der Waals surface area contributed by atoms with E-state index in [4.69, 9.17) is 10.5 Å². The Balaban J connectivity index is 2.02. The first-order chi connectivity index (χ1) is 7.69. The van der Waals surface area contributed by atoms with Crippen molar-refractivity contribution < 1.29 is 4.74 Å². The summed E-state index contributed by atoms with van der Waals surface area (Å²) in [4.78, 5) is 0. The summed E-state index contributed by atoms with van der Waals surface area (Å²) in [6, 6.07) is 6.35. The highest BCUT2D eigenvalue weighted by Crippen LogP contribution is 2.34. The van der Waals surface area contributed by atoms with Gasteiger partial charge in [0.2, 0.25) is 0 Å². The minimum absolute atomic E-state index is 0.260. The highest BCUT2D eigenvalue weighted by molar-refractivity contribution is 9.10. The first-order valence-electron chi connectivity index (χ1n) is 5.77. The van der Waals surface area contributed by atoms with Crippen molar-refractivity contribution >= 4 is 15.9 Å². The molecule has 2 nitrogen and oxygen atoms in total. The van der Waals surface area contributed by atoms with Gasteiger partial charge in [0.25, 0.3) is 0 Å². The minimum atomic E-state index is 0.260. The van der Waals surface area contributed by atoms with Gasteiger partial charge in [-0.15, -0.1) is 0 Å². The fourth-order valence-electron chi connectivity index (χ4n) is 2.05. The maximum absolute atomic E-state index is 6.15. The molecule has 0 aromatic heterocycles. The van der Waals surface area contributed by atoms with Crippen LogP contribution in [-0.2, 0) is 6.42 Å². The zero-order valence-electron chi connectivity index (χ0n) is 9.58. The molecule has 1 fully saturated rings. The summed E-state index contributed by atoms with van der Waals surface area (Å²) in [5, 5.41) is 0. The Labute approximate surface area is 105 Å². The van der Waals surface area contributed by atoms with Crippen molar-refractivity contribution in [3.8, 4) is 5.75 Å². The molecule has 1 aromatic carbocycles. The van der Waals surface area contributed by atoms with Crippen molar-refractivity contribution in [3.05, 3.63) is 28.2 Å². The molecule has 3 heteroatoms. The molecular formula is C13H18BrNO. The van der Waals surface area contributed by atoms with Crippen molar-refractivity contribution in [2.75, 3.05) is 7.11 Å². The van der Waals surface area contributed by atoms with E-state index in [0.717, 1.165) is 29.0 Å². The maximum Gasteiger partial charge on any atom is 0.122 e. The zero-order valence-corrected chi connectivity index (χ0v) is 11.2. The number of ether oxygens (including phenoxy) is 1. The summed E-state index contributed by atoms with van der Waals surface area (Å²) in [6.45, 7) is 0. The fourth-order valence-corrected chi connectivity index (χ4v) is 2.46. The monoisotopic (exact) mass is 283 g/mol. The molecule has 1 aliphatic carbocycles. The van der Waals surface area contributed by atoms with Gasteiger partial charge >= 0.3 is 0 Å². The summed E-state index contributed by atoms with van der Waals surface area (Å²) in [7, 11) is 1.71. The zero-order chi connectivity index (χ0) is 11.5. The van der Waals surface area contributed by atoms with Crippen LogP contribution in [0.2, 0.25) is 0 Å². The lowest BCUT2D eigenvalue weighted by molar-refractivity contribution is 0.406. The molecule has 1 unspecified atom stereocenters. The molecule has 0 aliphatic heterocycles. The molecule has 2 N–H and O–H groups in total. The number of methoxy groups -OCH3 is 1. The second kappa shape index (κ2) is 5.19. The van der Waals surface area contributed by atoms with E-state index in [1.54, 1.807) is 7.11 Å². The van der Waals surface area contributed by atoms with Gasteiger partial charge in [-0.25, -0.2) is 0 Å². The lowest BCUT2D eigenvalue weighted by Gasteiger charge is -2.14. The Morgan fingerprint density at radius 3 is 2.88 bits per heavy atom. The lowest BCUT2D eigenvalue weighted by atomic mass is 10.0. The van der Waals surface area contributed by atoms with Gasteiger partial charge in [-0.05, 0) is 42.5 Å². The number of halogens is 1. The number of hydrogen-bond donors (Lipinski definition) is 1. The quantitative estimate of drug-likeness (QED) is 0.901. The molecular weight excluding hydrogens is 266 g/mol. The highest BCUT2D eigenvalue weighted by Gasteiger charge is 2.24. The van der Waals surface area contributed by atoms with Crippen LogP contribution >= 0.6 is 15.9 Å². The van der Waals surface area contributed by atoms with Crippen molar-refractivity contribution in [2.24, 2.45) is 11.7 Å². The standard InChI is InChI=1S/C13H18BrNO/c1-16-13-5-4-11(14)7-10(13)8-12(15)6-9-2-3-9/h4-5,7,9,12H,2-3,6,8,15H2,1H3. The molecule has 1 atom stereocenters. The summed E-state index contributed by atoms with van der Waals surface area (Å²) in [5.41, 5.74) is 7.35. The second-order valence-corrected chi connectivity index (χ2v) is 5.52. The number of benzene rings is 1. The van der Waals surface area contributed by atoms with E-state index in [-0.39, 0.29) is 6.04 Å². The molecule has 0 amide bonds. The smallest absolute Gasteiger partial charge is 0.122 e. The molecule has 0 radical (unpaired) electrons. The van der Waals surface area contributed by atoms with Crippen molar-refractivity contribution in [2.45, 2.75) is 31.7 Å². The topological polar surface area (TPSA) is 35.2 Å². The van der Waals surface area contributed by atoms with E-state index < -0.39 is 0 Å². The van der Waals surface area contributed by atoms with Crippen LogP contribution in [-0.4, -0.2) is 13.2 Å². The molecule has 0 saturated heterocycles. The van der Waals surface area contributed by atoms with Crippen LogP contribution in [0.25, 0.3) is 0 Å². The van der Waals surface area contributed by atoms with Crippen LogP contribution in [0.3, 0.4) is 0 Å². The fraction of sp³-hybridized carbons (Fsp3) is 0.538. The van der Waals surface area contributed by atoms with E-state index in [1.807, 2.05) is 12.1 Å². The second-order valence-electron chi connectivity index (χ2n) is 4.60. The Bertz CT molecular complexity index is 363. The Kier molecular flexibility index (Phi) is 3.87. The van der Waals surface area contributed by atoms with Gasteiger partial charge in [0, 0.05) is 10.5 Å². The number of nitrogens with two attached hydrogens (primary N) is 1. The first kappa shape index (κ1) is 11.9. The van der Waals surface area contributed by atoms with Gasteiger partial charge in [0.05, 0.1) is 7.11 Å². The van der Waals surface area contributed by atoms with Crippen LogP contribution in [0.4, 0.5) is 0 Å². The van der Waals surface area contributed by atoms with Crippen LogP contribution in [0.1, 0.15) is 24.8 Å². The van der Waals surface area contributed by atoms with Crippen LogP contribution in [0, 0.1) is 5.92 Å². The number of rotatable bonds is 5. The van der Waals surface area contributed by atoms with Crippen LogP contribution in [0.5, 0.6) is 5.75 Å². The lowest BCUT2D eigenvalue weighted by Crippen LogP contribution is -2.23. The largest absolute Gasteiger partial charge is 0.496 e. The van der Waals surface area contributed by atoms with Gasteiger partial charge in [-0.3, -0.25) is 0 Å². The predicted molar refractivity (Wildman–Crippen MR) is 69.7 cm³/mol.